The van der Waals surface area contributed by atoms with Gasteiger partial charge < -0.3 is 10.2 Å². The van der Waals surface area contributed by atoms with Crippen molar-refractivity contribution in [1.29, 1.82) is 5.26 Å². The maximum atomic E-state index is 13.0. The molecule has 0 bridgehead atoms. The van der Waals surface area contributed by atoms with Crippen LogP contribution in [0.4, 0.5) is 14.7 Å². The molecule has 1 aromatic heterocycles. The van der Waals surface area contributed by atoms with Crippen LogP contribution in [0.2, 0.25) is 5.02 Å². The molecular weight excluding hydrogens is 388 g/mol. The maximum Gasteiger partial charge on any atom is 0.258 e. The summed E-state index contributed by atoms with van der Waals surface area (Å²) in [5, 5.41) is 13.0. The van der Waals surface area contributed by atoms with Crippen molar-refractivity contribution < 1.29 is 13.6 Å². The molecule has 0 saturated carbocycles. The van der Waals surface area contributed by atoms with Gasteiger partial charge in [0.1, 0.15) is 13.3 Å². The average Bonchev–Trinajstić information content (AvgIpc) is 3.23. The summed E-state index contributed by atoms with van der Waals surface area (Å²) >= 11 is 6.07. The zero-order valence-electron chi connectivity index (χ0n) is 14.8. The molecule has 0 saturated heterocycles. The molecule has 1 amide bonds. The maximum absolute atomic E-state index is 13.0. The van der Waals surface area contributed by atoms with Crippen molar-refractivity contribution in [2.45, 2.75) is 31.5 Å². The number of nitriles is 1. The van der Waals surface area contributed by atoms with E-state index in [9.17, 15) is 18.8 Å². The number of hydrogen-bond acceptors (Lipinski definition) is 5. The number of nitrogens with zero attached hydrogens (tertiary/aromatic N) is 4. The van der Waals surface area contributed by atoms with Gasteiger partial charge in [0.2, 0.25) is 5.95 Å². The Hall–Kier alpha value is -2.79. The minimum atomic E-state index is -1.10. The number of anilines is 1. The number of fused-ring (bicyclic) bond motifs is 2. The molecular formula is C19H16ClF2N5O. The lowest BCUT2D eigenvalue weighted by Gasteiger charge is -2.21. The molecule has 1 N–H and O–H groups in total. The predicted molar refractivity (Wildman–Crippen MR) is 98.6 cm³/mol. The minimum absolute atomic E-state index is 0.0174. The average molecular weight is 404 g/mol. The highest BCUT2D eigenvalue weighted by molar-refractivity contribution is 6.30. The van der Waals surface area contributed by atoms with Crippen molar-refractivity contribution in [2.24, 2.45) is 0 Å². The normalized spacial score (nSPS) is 17.6. The Morgan fingerprint density at radius 3 is 2.86 bits per heavy atom. The summed E-state index contributed by atoms with van der Waals surface area (Å²) in [6.07, 6.45) is 2.69. The number of carbonyl (C=O) groups is 1. The van der Waals surface area contributed by atoms with Gasteiger partial charge in [0, 0.05) is 17.3 Å². The molecule has 2 heterocycles. The highest BCUT2D eigenvalue weighted by Crippen LogP contribution is 2.30. The van der Waals surface area contributed by atoms with Crippen molar-refractivity contribution in [2.75, 3.05) is 18.7 Å². The van der Waals surface area contributed by atoms with Gasteiger partial charge >= 0.3 is 0 Å². The number of alkyl halides is 2. The van der Waals surface area contributed by atoms with Crippen LogP contribution < -0.4 is 5.32 Å². The van der Waals surface area contributed by atoms with E-state index < -0.39 is 25.3 Å². The van der Waals surface area contributed by atoms with Gasteiger partial charge in [0.15, 0.2) is 0 Å². The Kier molecular flexibility index (Phi) is 4.85. The second-order valence-corrected chi connectivity index (χ2v) is 7.34. The van der Waals surface area contributed by atoms with Gasteiger partial charge in [0.25, 0.3) is 5.91 Å². The zero-order chi connectivity index (χ0) is 19.8. The zero-order valence-corrected chi connectivity index (χ0v) is 15.5. The Labute approximate surface area is 165 Å². The van der Waals surface area contributed by atoms with Gasteiger partial charge in [0.05, 0.1) is 35.5 Å². The molecule has 1 aromatic carbocycles. The Balaban J connectivity index is 1.51. The fourth-order valence-electron chi connectivity index (χ4n) is 3.76. The standard InChI is InChI=1S/C19H16ClF2N5O/c20-12-1-10-3-13(4-15(10)11(2-12)7-23)25-19-24-8-16-17(26-19)9-27(18(16)28)14(5-21)6-22/h1-2,8,13-14H,3-6,9H2,(H,24,25,26)/t13-/m0/s1. The van der Waals surface area contributed by atoms with Gasteiger partial charge in [-0.25, -0.2) is 18.7 Å². The van der Waals surface area contributed by atoms with Crippen molar-refractivity contribution in [3.8, 4) is 6.07 Å². The molecule has 2 aromatic rings. The quantitative estimate of drug-likeness (QED) is 0.830. The minimum Gasteiger partial charge on any atom is -0.351 e. The largest absolute Gasteiger partial charge is 0.351 e. The van der Waals surface area contributed by atoms with Crippen molar-refractivity contribution in [3.63, 3.8) is 0 Å². The van der Waals surface area contributed by atoms with E-state index in [1.807, 2.05) is 6.07 Å². The molecule has 9 heteroatoms. The topological polar surface area (TPSA) is 81.9 Å². The van der Waals surface area contributed by atoms with Crippen LogP contribution in [0.5, 0.6) is 0 Å². The van der Waals surface area contributed by atoms with E-state index in [2.05, 4.69) is 21.4 Å². The van der Waals surface area contributed by atoms with E-state index in [0.29, 0.717) is 35.1 Å². The summed E-state index contributed by atoms with van der Waals surface area (Å²) in [7, 11) is 0. The molecule has 1 aliphatic heterocycles. The number of nitrogens with one attached hydrogen (secondary N) is 1. The third-order valence-electron chi connectivity index (χ3n) is 5.15. The second-order valence-electron chi connectivity index (χ2n) is 6.90. The number of aromatic nitrogens is 2. The van der Waals surface area contributed by atoms with E-state index in [-0.39, 0.29) is 18.2 Å². The lowest BCUT2D eigenvalue weighted by atomic mass is 10.0. The van der Waals surface area contributed by atoms with Crippen LogP contribution in [-0.2, 0) is 19.4 Å². The molecule has 144 valence electrons. The van der Waals surface area contributed by atoms with Gasteiger partial charge in [-0.15, -0.1) is 0 Å². The van der Waals surface area contributed by atoms with Crippen LogP contribution in [0.1, 0.15) is 32.7 Å². The molecule has 0 fully saturated rings. The third kappa shape index (κ3) is 3.16. The van der Waals surface area contributed by atoms with E-state index in [1.54, 1.807) is 6.07 Å². The lowest BCUT2D eigenvalue weighted by molar-refractivity contribution is 0.0636. The number of halogens is 3. The monoisotopic (exact) mass is 403 g/mol. The van der Waals surface area contributed by atoms with Gasteiger partial charge in [-0.1, -0.05) is 11.6 Å². The molecule has 1 aliphatic carbocycles. The molecule has 0 radical (unpaired) electrons. The van der Waals surface area contributed by atoms with Gasteiger partial charge in [-0.3, -0.25) is 4.79 Å². The van der Waals surface area contributed by atoms with Crippen LogP contribution in [-0.4, -0.2) is 46.2 Å². The smallest absolute Gasteiger partial charge is 0.258 e. The Morgan fingerprint density at radius 1 is 1.36 bits per heavy atom. The number of carbonyl (C=O) groups excluding carboxylic acids is 1. The van der Waals surface area contributed by atoms with E-state index >= 15 is 0 Å². The molecule has 2 aliphatic rings. The predicted octanol–water partition coefficient (Wildman–Crippen LogP) is 2.84. The molecule has 6 nitrogen and oxygen atoms in total. The van der Waals surface area contributed by atoms with Crippen LogP contribution in [0.15, 0.2) is 18.3 Å². The van der Waals surface area contributed by atoms with Crippen LogP contribution >= 0.6 is 11.6 Å². The lowest BCUT2D eigenvalue weighted by Crippen LogP contribution is -2.38. The third-order valence-corrected chi connectivity index (χ3v) is 5.37. The van der Waals surface area contributed by atoms with Crippen molar-refractivity contribution in [1.82, 2.24) is 14.9 Å². The van der Waals surface area contributed by atoms with E-state index in [1.165, 1.54) is 6.20 Å². The summed E-state index contributed by atoms with van der Waals surface area (Å²) in [4.78, 5) is 22.0. The molecule has 1 atom stereocenters. The molecule has 0 unspecified atom stereocenters. The Morgan fingerprint density at radius 2 is 2.14 bits per heavy atom. The first-order chi connectivity index (χ1) is 13.5. The fraction of sp³-hybridized carbons (Fsp3) is 0.368. The number of amides is 1. The van der Waals surface area contributed by atoms with Crippen LogP contribution in [0.3, 0.4) is 0 Å². The number of rotatable bonds is 5. The first-order valence-corrected chi connectivity index (χ1v) is 9.18. The Bertz CT molecular complexity index is 989. The first kappa shape index (κ1) is 18.6. The van der Waals surface area contributed by atoms with Crippen LogP contribution in [0.25, 0.3) is 0 Å². The van der Waals surface area contributed by atoms with Crippen molar-refractivity contribution in [3.05, 3.63) is 51.3 Å². The molecule has 28 heavy (non-hydrogen) atoms. The second kappa shape index (κ2) is 7.32. The SMILES string of the molecule is N#Cc1cc(Cl)cc2c1C[C@@H](Nc1ncc3c(n1)CN(C(CF)CF)C3=O)C2. The number of hydrogen-bond donors (Lipinski definition) is 1. The van der Waals surface area contributed by atoms with Crippen molar-refractivity contribution >= 4 is 23.5 Å². The highest BCUT2D eigenvalue weighted by Gasteiger charge is 2.35. The molecule has 4 rings (SSSR count). The van der Waals surface area contributed by atoms with Gasteiger partial charge in [-0.05, 0) is 36.1 Å². The van der Waals surface area contributed by atoms with Gasteiger partial charge in [-0.2, -0.15) is 5.26 Å². The van der Waals surface area contributed by atoms with Crippen LogP contribution in [0, 0.1) is 11.3 Å². The summed E-state index contributed by atoms with van der Waals surface area (Å²) in [6.45, 7) is -1.83. The summed E-state index contributed by atoms with van der Waals surface area (Å²) in [5.74, 6) is -0.115. The molecule has 0 spiro atoms. The number of benzene rings is 1. The summed E-state index contributed by atoms with van der Waals surface area (Å²) < 4.78 is 25.9. The first-order valence-electron chi connectivity index (χ1n) is 8.80. The van der Waals surface area contributed by atoms with E-state index in [0.717, 1.165) is 16.0 Å². The summed E-state index contributed by atoms with van der Waals surface area (Å²) in [5.41, 5.74) is 3.25. The fourth-order valence-corrected chi connectivity index (χ4v) is 4.00. The summed E-state index contributed by atoms with van der Waals surface area (Å²) in [6, 6.07) is 4.56. The van der Waals surface area contributed by atoms with E-state index in [4.69, 9.17) is 11.6 Å². The highest BCUT2D eigenvalue weighted by atomic mass is 35.5.